The van der Waals surface area contributed by atoms with Gasteiger partial charge in [-0.3, -0.25) is 9.59 Å². The molecule has 0 N–H and O–H groups in total. The quantitative estimate of drug-likeness (QED) is 0.277. The van der Waals surface area contributed by atoms with Crippen molar-refractivity contribution in [3.05, 3.63) is 55.5 Å². The molecule has 4 rings (SSSR count). The zero-order valence-corrected chi connectivity index (χ0v) is 35.0. The number of thioether (sulfide) groups is 2. The molecular weight excluding hydrogens is 755 g/mol. The summed E-state index contributed by atoms with van der Waals surface area (Å²) < 4.78 is 11.0. The summed E-state index contributed by atoms with van der Waals surface area (Å²) >= 11 is 21.4. The van der Waals surface area contributed by atoms with Gasteiger partial charge in [-0.15, -0.1) is 0 Å². The highest BCUT2D eigenvalue weighted by Crippen LogP contribution is 2.40. The molecule has 0 bridgehead atoms. The van der Waals surface area contributed by atoms with Crippen molar-refractivity contribution in [1.82, 2.24) is 19.6 Å². The Morgan fingerprint density at radius 3 is 1.47 bits per heavy atom. The van der Waals surface area contributed by atoms with Gasteiger partial charge in [0.25, 0.3) is 10.5 Å². The van der Waals surface area contributed by atoms with Crippen LogP contribution in [0.5, 0.6) is 0 Å². The van der Waals surface area contributed by atoms with Crippen LogP contribution >= 0.6 is 58.3 Å². The molecule has 2 aromatic rings. The molecule has 0 unspecified atom stereocenters. The largest absolute Gasteiger partial charge is 0.444 e. The predicted octanol–water partition coefficient (Wildman–Crippen LogP) is 9.55. The SMILES string of the molecule is CN(C)C(=O)Sc1c(Cl)cc(Cl)c2c1CCN(C(=O)OC(C)(C)C)CC2.CN(C)C(=O)Sc1c(Cl)ccc2c1CCN(C(=O)OC(C)(C)C)CC2. The molecule has 0 aromatic heterocycles. The Labute approximate surface area is 325 Å². The Morgan fingerprint density at radius 1 is 0.608 bits per heavy atom. The van der Waals surface area contributed by atoms with E-state index in [4.69, 9.17) is 44.3 Å². The number of rotatable bonds is 2. The highest BCUT2D eigenvalue weighted by molar-refractivity contribution is 8.14. The molecule has 0 atom stereocenters. The first-order valence-corrected chi connectivity index (χ1v) is 19.4. The summed E-state index contributed by atoms with van der Waals surface area (Å²) in [5, 5.41) is 1.43. The molecule has 0 aliphatic carbocycles. The van der Waals surface area contributed by atoms with Crippen LogP contribution in [0.2, 0.25) is 15.1 Å². The second-order valence-electron chi connectivity index (χ2n) is 14.6. The molecule has 2 aromatic carbocycles. The van der Waals surface area contributed by atoms with E-state index >= 15 is 0 Å². The molecule has 0 saturated carbocycles. The summed E-state index contributed by atoms with van der Waals surface area (Å²) in [7, 11) is 6.83. The summed E-state index contributed by atoms with van der Waals surface area (Å²) in [5.41, 5.74) is 3.00. The number of ether oxygens (including phenoxy) is 2. The average molecular weight is 804 g/mol. The Hall–Kier alpha value is -2.51. The van der Waals surface area contributed by atoms with Crippen LogP contribution in [-0.2, 0) is 35.2 Å². The average Bonchev–Trinajstić information content (AvgIpc) is 3.36. The second-order valence-corrected chi connectivity index (χ2v) is 17.7. The smallest absolute Gasteiger partial charge is 0.410 e. The minimum Gasteiger partial charge on any atom is -0.444 e. The summed E-state index contributed by atoms with van der Waals surface area (Å²) in [4.78, 5) is 57.0. The first-order valence-electron chi connectivity index (χ1n) is 16.6. The fourth-order valence-corrected chi connectivity index (χ4v) is 7.93. The molecule has 0 spiro atoms. The number of halogens is 3. The molecule has 15 heteroatoms. The van der Waals surface area contributed by atoms with E-state index in [0.717, 1.165) is 62.0 Å². The molecular formula is C36H49Cl3N4O6S2. The fraction of sp³-hybridized carbons (Fsp3) is 0.556. The predicted molar refractivity (Wildman–Crippen MR) is 208 cm³/mol. The van der Waals surface area contributed by atoms with Gasteiger partial charge in [0.1, 0.15) is 11.2 Å². The zero-order valence-electron chi connectivity index (χ0n) is 31.1. The van der Waals surface area contributed by atoms with Crippen LogP contribution in [-0.4, -0.2) is 108 Å². The minimum absolute atomic E-state index is 0.0662. The van der Waals surface area contributed by atoms with Gasteiger partial charge in [-0.25, -0.2) is 9.59 Å². The number of carbonyl (C=O) groups is 4. The third-order valence-corrected chi connectivity index (χ3v) is 11.3. The van der Waals surface area contributed by atoms with Gasteiger partial charge in [-0.1, -0.05) is 40.9 Å². The molecule has 0 saturated heterocycles. The van der Waals surface area contributed by atoms with Gasteiger partial charge in [0.2, 0.25) is 0 Å². The second kappa shape index (κ2) is 18.0. The van der Waals surface area contributed by atoms with E-state index in [0.29, 0.717) is 60.5 Å². The highest BCUT2D eigenvalue weighted by Gasteiger charge is 2.29. The van der Waals surface area contributed by atoms with Gasteiger partial charge in [0, 0.05) is 69.2 Å². The molecule has 4 amide bonds. The van der Waals surface area contributed by atoms with E-state index in [1.807, 2.05) is 53.7 Å². The van der Waals surface area contributed by atoms with Gasteiger partial charge >= 0.3 is 12.2 Å². The molecule has 0 radical (unpaired) electrons. The van der Waals surface area contributed by atoms with E-state index in [1.165, 1.54) is 9.80 Å². The van der Waals surface area contributed by atoms with E-state index < -0.39 is 11.2 Å². The standard InChI is InChI=1S/C18H24Cl2N2O3S.C18H25ClN2O3S/c1-18(2,3)25-16(23)22-8-6-11-12(7-9-22)15(14(20)10-13(11)19)26-17(24)21(4)5;1-18(2,3)24-16(22)21-10-8-12-6-7-14(19)15(13(12)9-11-21)25-17(23)20(4)5/h10H,6-9H2,1-5H3;6-7H,8-11H2,1-5H3. The first-order chi connectivity index (χ1) is 23.6. The van der Waals surface area contributed by atoms with Crippen LogP contribution in [0.1, 0.15) is 63.8 Å². The Bertz CT molecular complexity index is 1630. The Morgan fingerprint density at radius 2 is 1.02 bits per heavy atom. The summed E-state index contributed by atoms with van der Waals surface area (Å²) in [5.74, 6) is 0. The monoisotopic (exact) mass is 802 g/mol. The fourth-order valence-electron chi connectivity index (χ4n) is 5.19. The van der Waals surface area contributed by atoms with Crippen LogP contribution in [0.15, 0.2) is 28.0 Å². The van der Waals surface area contributed by atoms with E-state index in [1.54, 1.807) is 44.1 Å². The normalized spacial score (nSPS) is 14.5. The lowest BCUT2D eigenvalue weighted by Gasteiger charge is -2.26. The zero-order chi connectivity index (χ0) is 38.4. The number of nitrogens with zero attached hydrogens (tertiary/aromatic N) is 4. The summed E-state index contributed by atoms with van der Waals surface area (Å²) in [6, 6.07) is 5.49. The molecule has 51 heavy (non-hydrogen) atoms. The van der Waals surface area contributed by atoms with Crippen LogP contribution < -0.4 is 0 Å². The topological polar surface area (TPSA) is 99.7 Å². The number of carbonyl (C=O) groups excluding carboxylic acids is 4. The number of hydrogen-bond donors (Lipinski definition) is 0. The van der Waals surface area contributed by atoms with Crippen LogP contribution in [0.25, 0.3) is 0 Å². The first kappa shape index (κ1) is 42.9. The third kappa shape index (κ3) is 12.6. The van der Waals surface area contributed by atoms with Crippen molar-refractivity contribution in [1.29, 1.82) is 0 Å². The lowest BCUT2D eigenvalue weighted by molar-refractivity contribution is 0.0247. The molecule has 2 aliphatic rings. The summed E-state index contributed by atoms with van der Waals surface area (Å²) in [6.07, 6.45) is 1.89. The maximum atomic E-state index is 12.4. The van der Waals surface area contributed by atoms with Crippen molar-refractivity contribution in [2.45, 2.75) is 88.2 Å². The van der Waals surface area contributed by atoms with Gasteiger partial charge in [0.15, 0.2) is 0 Å². The van der Waals surface area contributed by atoms with E-state index in [2.05, 4.69) is 0 Å². The third-order valence-electron chi connectivity index (χ3n) is 7.67. The van der Waals surface area contributed by atoms with Crippen molar-refractivity contribution in [3.8, 4) is 0 Å². The maximum absolute atomic E-state index is 12.4. The number of hydrogen-bond acceptors (Lipinski definition) is 8. The number of benzene rings is 2. The minimum atomic E-state index is -0.545. The van der Waals surface area contributed by atoms with Crippen LogP contribution in [0, 0.1) is 0 Å². The Kier molecular flexibility index (Phi) is 15.2. The Balaban J connectivity index is 0.000000276. The van der Waals surface area contributed by atoms with Crippen molar-refractivity contribution >= 4 is 81.0 Å². The molecule has 0 fully saturated rings. The van der Waals surface area contributed by atoms with Crippen molar-refractivity contribution in [2.24, 2.45) is 0 Å². The molecule has 10 nitrogen and oxygen atoms in total. The number of amides is 4. The van der Waals surface area contributed by atoms with Gasteiger partial charge in [-0.05, 0) is 125 Å². The van der Waals surface area contributed by atoms with Gasteiger partial charge < -0.3 is 29.1 Å². The van der Waals surface area contributed by atoms with Crippen LogP contribution in [0.4, 0.5) is 19.2 Å². The molecule has 2 aliphatic heterocycles. The van der Waals surface area contributed by atoms with Gasteiger partial charge in [-0.2, -0.15) is 0 Å². The van der Waals surface area contributed by atoms with Crippen molar-refractivity contribution in [2.75, 3.05) is 54.4 Å². The van der Waals surface area contributed by atoms with Crippen molar-refractivity contribution < 1.29 is 28.7 Å². The van der Waals surface area contributed by atoms with E-state index in [9.17, 15) is 19.2 Å². The molecule has 2 heterocycles. The lowest BCUT2D eigenvalue weighted by Crippen LogP contribution is -2.38. The number of fused-ring (bicyclic) bond motifs is 2. The van der Waals surface area contributed by atoms with Crippen LogP contribution in [0.3, 0.4) is 0 Å². The lowest BCUT2D eigenvalue weighted by atomic mass is 10.0. The van der Waals surface area contributed by atoms with E-state index in [-0.39, 0.29) is 22.7 Å². The molecule has 282 valence electrons. The van der Waals surface area contributed by atoms with Gasteiger partial charge in [0.05, 0.1) is 10.0 Å². The van der Waals surface area contributed by atoms with Crippen molar-refractivity contribution in [3.63, 3.8) is 0 Å². The maximum Gasteiger partial charge on any atom is 0.410 e. The summed E-state index contributed by atoms with van der Waals surface area (Å²) in [6.45, 7) is 13.2. The highest BCUT2D eigenvalue weighted by atomic mass is 35.5.